The largest absolute Gasteiger partial charge is 0.360 e. The predicted molar refractivity (Wildman–Crippen MR) is 100 cm³/mol. The van der Waals surface area contributed by atoms with Crippen LogP contribution in [0.2, 0.25) is 0 Å². The van der Waals surface area contributed by atoms with E-state index in [1.165, 1.54) is 11.0 Å². The third-order valence-electron chi connectivity index (χ3n) is 4.39. The molecule has 0 aliphatic carbocycles. The maximum atomic E-state index is 14.2. The zero-order valence-electron chi connectivity index (χ0n) is 15.0. The molecule has 26 heavy (non-hydrogen) atoms. The highest BCUT2D eigenvalue weighted by Crippen LogP contribution is 2.29. The van der Waals surface area contributed by atoms with Crippen molar-refractivity contribution in [3.63, 3.8) is 0 Å². The fraction of sp³-hybridized carbons (Fsp3) is 0.300. The first kappa shape index (κ1) is 17.9. The Morgan fingerprint density at radius 2 is 1.96 bits per heavy atom. The van der Waals surface area contributed by atoms with Gasteiger partial charge in [-0.2, -0.15) is 0 Å². The van der Waals surface area contributed by atoms with E-state index in [9.17, 15) is 14.0 Å². The molecule has 0 atom stereocenters. The average molecular weight is 355 g/mol. The van der Waals surface area contributed by atoms with E-state index < -0.39 is 0 Å². The molecule has 0 saturated heterocycles. The number of fused-ring (bicyclic) bond motifs is 1. The SMILES string of the molecule is CN(C)C(=O)c1cccc(NC(=O)CN2CCCc3cccc(F)c32)c1. The molecule has 1 aliphatic rings. The van der Waals surface area contributed by atoms with Crippen molar-refractivity contribution in [3.05, 3.63) is 59.4 Å². The van der Waals surface area contributed by atoms with Crippen LogP contribution in [0.25, 0.3) is 0 Å². The van der Waals surface area contributed by atoms with Gasteiger partial charge in [-0.1, -0.05) is 18.2 Å². The van der Waals surface area contributed by atoms with E-state index in [-0.39, 0.29) is 24.2 Å². The van der Waals surface area contributed by atoms with Crippen LogP contribution in [0, 0.1) is 5.82 Å². The maximum Gasteiger partial charge on any atom is 0.253 e. The van der Waals surface area contributed by atoms with Crippen molar-refractivity contribution in [2.24, 2.45) is 0 Å². The molecule has 2 amide bonds. The van der Waals surface area contributed by atoms with E-state index in [0.29, 0.717) is 23.5 Å². The summed E-state index contributed by atoms with van der Waals surface area (Å²) in [4.78, 5) is 27.7. The number of hydrogen-bond acceptors (Lipinski definition) is 3. The molecule has 2 aromatic carbocycles. The second-order valence-electron chi connectivity index (χ2n) is 6.60. The summed E-state index contributed by atoms with van der Waals surface area (Å²) in [6.45, 7) is 0.709. The molecule has 0 fully saturated rings. The number of nitrogens with one attached hydrogen (secondary N) is 1. The lowest BCUT2D eigenvalue weighted by Crippen LogP contribution is -2.37. The van der Waals surface area contributed by atoms with Gasteiger partial charge in [0.15, 0.2) is 0 Å². The molecule has 0 bridgehead atoms. The first-order chi connectivity index (χ1) is 12.5. The van der Waals surface area contributed by atoms with Gasteiger partial charge in [0.2, 0.25) is 5.91 Å². The second kappa shape index (κ2) is 7.56. The number of carbonyl (C=O) groups excluding carboxylic acids is 2. The van der Waals surface area contributed by atoms with Crippen LogP contribution < -0.4 is 10.2 Å². The normalized spacial score (nSPS) is 13.1. The van der Waals surface area contributed by atoms with Gasteiger partial charge in [-0.3, -0.25) is 9.59 Å². The summed E-state index contributed by atoms with van der Waals surface area (Å²) in [6, 6.07) is 11.8. The van der Waals surface area contributed by atoms with Gasteiger partial charge in [-0.25, -0.2) is 4.39 Å². The third kappa shape index (κ3) is 3.85. The quantitative estimate of drug-likeness (QED) is 0.917. The minimum Gasteiger partial charge on any atom is -0.360 e. The van der Waals surface area contributed by atoms with E-state index in [4.69, 9.17) is 0 Å². The lowest BCUT2D eigenvalue weighted by atomic mass is 10.0. The summed E-state index contributed by atoms with van der Waals surface area (Å²) in [5.41, 5.74) is 2.50. The zero-order chi connectivity index (χ0) is 18.7. The van der Waals surface area contributed by atoms with E-state index >= 15 is 0 Å². The summed E-state index contributed by atoms with van der Waals surface area (Å²) in [5.74, 6) is -0.669. The Bertz CT molecular complexity index is 836. The van der Waals surface area contributed by atoms with Crippen molar-refractivity contribution in [3.8, 4) is 0 Å². The highest BCUT2D eigenvalue weighted by atomic mass is 19.1. The van der Waals surface area contributed by atoms with Crippen molar-refractivity contribution in [1.29, 1.82) is 0 Å². The lowest BCUT2D eigenvalue weighted by Gasteiger charge is -2.31. The Morgan fingerprint density at radius 1 is 1.19 bits per heavy atom. The Morgan fingerprint density at radius 3 is 2.73 bits per heavy atom. The van der Waals surface area contributed by atoms with Gasteiger partial charge in [-0.05, 0) is 42.7 Å². The standard InChI is InChI=1S/C20H22FN3O2/c1-23(2)20(26)15-7-3-9-16(12-15)22-18(25)13-24-11-5-8-14-6-4-10-17(21)19(14)24/h3-4,6-7,9-10,12H,5,8,11,13H2,1-2H3,(H,22,25). The van der Waals surface area contributed by atoms with Crippen LogP contribution >= 0.6 is 0 Å². The highest BCUT2D eigenvalue weighted by Gasteiger charge is 2.22. The Hall–Kier alpha value is -2.89. The number of carbonyl (C=O) groups is 2. The van der Waals surface area contributed by atoms with Crippen LogP contribution in [0.15, 0.2) is 42.5 Å². The van der Waals surface area contributed by atoms with E-state index in [0.717, 1.165) is 18.4 Å². The number of benzene rings is 2. The number of aryl methyl sites for hydroxylation is 1. The molecule has 1 heterocycles. The van der Waals surface area contributed by atoms with Gasteiger partial charge < -0.3 is 15.1 Å². The van der Waals surface area contributed by atoms with E-state index in [1.807, 2.05) is 6.07 Å². The van der Waals surface area contributed by atoms with Crippen molar-refractivity contribution in [1.82, 2.24) is 4.90 Å². The minimum absolute atomic E-state index is 0.0692. The number of para-hydroxylation sites is 1. The highest BCUT2D eigenvalue weighted by molar-refractivity contribution is 5.98. The van der Waals surface area contributed by atoms with Crippen molar-refractivity contribution >= 4 is 23.2 Å². The van der Waals surface area contributed by atoms with Crippen LogP contribution in [0.5, 0.6) is 0 Å². The maximum absolute atomic E-state index is 14.2. The number of rotatable bonds is 4. The Balaban J connectivity index is 1.71. The average Bonchev–Trinajstić information content (AvgIpc) is 2.61. The molecule has 1 aliphatic heterocycles. The van der Waals surface area contributed by atoms with Crippen LogP contribution in [0.1, 0.15) is 22.3 Å². The molecular formula is C20H22FN3O2. The van der Waals surface area contributed by atoms with E-state index in [2.05, 4.69) is 5.32 Å². The summed E-state index contributed by atoms with van der Waals surface area (Å²) >= 11 is 0. The van der Waals surface area contributed by atoms with Crippen LogP contribution in [-0.4, -0.2) is 43.9 Å². The number of hydrogen-bond donors (Lipinski definition) is 1. The second-order valence-corrected chi connectivity index (χ2v) is 6.60. The number of anilines is 2. The first-order valence-corrected chi connectivity index (χ1v) is 8.59. The van der Waals surface area contributed by atoms with Crippen LogP contribution in [0.4, 0.5) is 15.8 Å². The summed E-state index contributed by atoms with van der Waals surface area (Å²) in [6.07, 6.45) is 1.70. The molecule has 1 N–H and O–H groups in total. The number of amides is 2. The topological polar surface area (TPSA) is 52.7 Å². The molecule has 2 aromatic rings. The third-order valence-corrected chi connectivity index (χ3v) is 4.39. The fourth-order valence-corrected chi connectivity index (χ4v) is 3.21. The van der Waals surface area contributed by atoms with Gasteiger partial charge in [0.05, 0.1) is 12.2 Å². The summed E-state index contributed by atoms with van der Waals surface area (Å²) in [5, 5.41) is 2.80. The minimum atomic E-state index is -0.298. The molecule has 0 radical (unpaired) electrons. The number of nitrogens with zero attached hydrogens (tertiary/aromatic N) is 2. The van der Waals surface area contributed by atoms with Gasteiger partial charge in [0, 0.05) is 31.9 Å². The van der Waals surface area contributed by atoms with Gasteiger partial charge >= 0.3 is 0 Å². The lowest BCUT2D eigenvalue weighted by molar-refractivity contribution is -0.115. The fourth-order valence-electron chi connectivity index (χ4n) is 3.21. The molecule has 0 aromatic heterocycles. The summed E-state index contributed by atoms with van der Waals surface area (Å²) in [7, 11) is 3.35. The molecule has 0 saturated carbocycles. The van der Waals surface area contributed by atoms with Crippen LogP contribution in [-0.2, 0) is 11.2 Å². The molecule has 3 rings (SSSR count). The van der Waals surface area contributed by atoms with Crippen molar-refractivity contribution in [2.45, 2.75) is 12.8 Å². The smallest absolute Gasteiger partial charge is 0.253 e. The molecule has 6 heteroatoms. The van der Waals surface area contributed by atoms with Gasteiger partial charge in [-0.15, -0.1) is 0 Å². The zero-order valence-corrected chi connectivity index (χ0v) is 15.0. The first-order valence-electron chi connectivity index (χ1n) is 8.59. The Kier molecular flexibility index (Phi) is 5.21. The molecular weight excluding hydrogens is 333 g/mol. The predicted octanol–water partition coefficient (Wildman–Crippen LogP) is 2.92. The van der Waals surface area contributed by atoms with E-state index in [1.54, 1.807) is 49.3 Å². The molecule has 5 nitrogen and oxygen atoms in total. The van der Waals surface area contributed by atoms with Crippen molar-refractivity contribution < 1.29 is 14.0 Å². The molecule has 136 valence electrons. The molecule has 0 spiro atoms. The van der Waals surface area contributed by atoms with Gasteiger partial charge in [0.25, 0.3) is 5.91 Å². The van der Waals surface area contributed by atoms with Crippen molar-refractivity contribution in [2.75, 3.05) is 37.4 Å². The Labute approximate surface area is 152 Å². The van der Waals surface area contributed by atoms with Crippen LogP contribution in [0.3, 0.4) is 0 Å². The monoisotopic (exact) mass is 355 g/mol. The number of halogens is 1. The van der Waals surface area contributed by atoms with Gasteiger partial charge in [0.1, 0.15) is 5.82 Å². The molecule has 0 unspecified atom stereocenters. The summed E-state index contributed by atoms with van der Waals surface area (Å²) < 4.78 is 14.2.